The van der Waals surface area contributed by atoms with Gasteiger partial charge in [0.05, 0.1) is 17.8 Å². The van der Waals surface area contributed by atoms with Crippen LogP contribution in [0.1, 0.15) is 11.5 Å². The number of fused-ring (bicyclic) bond motifs is 1. The lowest BCUT2D eigenvalue weighted by atomic mass is 10.0. The third kappa shape index (κ3) is 3.61. The summed E-state index contributed by atoms with van der Waals surface area (Å²) in [6.07, 6.45) is -0.111. The number of aromatic nitrogens is 2. The fourth-order valence-corrected chi connectivity index (χ4v) is 4.81. The summed E-state index contributed by atoms with van der Waals surface area (Å²) in [4.78, 5) is 19.6. The quantitative estimate of drug-likeness (QED) is 0.576. The van der Waals surface area contributed by atoms with Gasteiger partial charge in [-0.05, 0) is 24.6 Å². The minimum atomic E-state index is -0.262. The van der Waals surface area contributed by atoms with E-state index in [0.29, 0.717) is 24.0 Å². The van der Waals surface area contributed by atoms with E-state index in [1.165, 1.54) is 0 Å². The zero-order valence-corrected chi connectivity index (χ0v) is 17.2. The van der Waals surface area contributed by atoms with Crippen molar-refractivity contribution >= 4 is 23.4 Å². The number of hydrogen-bond acceptors (Lipinski definition) is 8. The SMILES string of the molecule is Cc1ccccc1-c1noc(CSC2NC3NNCC3C(=O)N2c2ccccc2)n1. The molecule has 3 aromatic rings. The van der Waals surface area contributed by atoms with Crippen LogP contribution in [0.3, 0.4) is 0 Å². The number of hydrazine groups is 1. The Labute approximate surface area is 178 Å². The number of amides is 1. The fraction of sp³-hybridized carbons (Fsp3) is 0.286. The van der Waals surface area contributed by atoms with E-state index >= 15 is 0 Å². The Morgan fingerprint density at radius 1 is 1.17 bits per heavy atom. The van der Waals surface area contributed by atoms with Crippen molar-refractivity contribution in [3.05, 3.63) is 66.1 Å². The monoisotopic (exact) mass is 422 g/mol. The number of rotatable bonds is 5. The molecule has 1 aromatic heterocycles. The van der Waals surface area contributed by atoms with Crippen molar-refractivity contribution in [2.45, 2.75) is 24.3 Å². The molecule has 3 N–H and O–H groups in total. The number of carbonyl (C=O) groups is 1. The van der Waals surface area contributed by atoms with Crippen molar-refractivity contribution in [3.8, 4) is 11.4 Å². The minimum absolute atomic E-state index is 0.0890. The number of benzene rings is 2. The van der Waals surface area contributed by atoms with E-state index in [1.54, 1.807) is 11.8 Å². The first-order chi connectivity index (χ1) is 14.7. The van der Waals surface area contributed by atoms with Gasteiger partial charge in [0.1, 0.15) is 5.50 Å². The second-order valence-electron chi connectivity index (χ2n) is 7.31. The first-order valence-electron chi connectivity index (χ1n) is 9.83. The first-order valence-corrected chi connectivity index (χ1v) is 10.9. The Kier molecular flexibility index (Phi) is 5.26. The summed E-state index contributed by atoms with van der Waals surface area (Å²) in [7, 11) is 0. The minimum Gasteiger partial charge on any atom is -0.338 e. The van der Waals surface area contributed by atoms with Crippen molar-refractivity contribution < 1.29 is 9.32 Å². The van der Waals surface area contributed by atoms with Crippen LogP contribution >= 0.6 is 11.8 Å². The van der Waals surface area contributed by atoms with Crippen molar-refractivity contribution in [1.29, 1.82) is 0 Å². The molecule has 0 bridgehead atoms. The average Bonchev–Trinajstić information content (AvgIpc) is 3.43. The smallest absolute Gasteiger partial charge is 0.237 e. The second-order valence-corrected chi connectivity index (χ2v) is 8.38. The third-order valence-corrected chi connectivity index (χ3v) is 6.42. The van der Waals surface area contributed by atoms with Gasteiger partial charge in [0.15, 0.2) is 0 Å². The van der Waals surface area contributed by atoms with Gasteiger partial charge in [-0.2, -0.15) is 4.98 Å². The highest BCUT2D eigenvalue weighted by atomic mass is 32.2. The highest BCUT2D eigenvalue weighted by molar-refractivity contribution is 7.99. The molecule has 9 heteroatoms. The maximum Gasteiger partial charge on any atom is 0.237 e. The van der Waals surface area contributed by atoms with Gasteiger partial charge < -0.3 is 4.52 Å². The molecule has 2 aliphatic rings. The molecule has 0 saturated carbocycles. The standard InChI is InChI=1S/C21H22N6O2S/c1-13-7-5-6-10-15(13)19-23-17(29-26-19)12-30-21-24-18-16(11-22-25-18)20(28)27(21)14-8-3-2-4-9-14/h2-10,16,18,21-22,24-25H,11-12H2,1H3. The molecular weight excluding hydrogens is 400 g/mol. The summed E-state index contributed by atoms with van der Waals surface area (Å²) in [6.45, 7) is 2.62. The van der Waals surface area contributed by atoms with Crippen LogP contribution < -0.4 is 21.1 Å². The molecule has 5 rings (SSSR count). The van der Waals surface area contributed by atoms with Crippen LogP contribution in [0, 0.1) is 12.8 Å². The van der Waals surface area contributed by atoms with Gasteiger partial charge in [-0.1, -0.05) is 47.6 Å². The molecule has 0 aliphatic carbocycles. The largest absolute Gasteiger partial charge is 0.338 e. The van der Waals surface area contributed by atoms with E-state index in [9.17, 15) is 4.79 Å². The summed E-state index contributed by atoms with van der Waals surface area (Å²) < 4.78 is 5.48. The number of anilines is 1. The van der Waals surface area contributed by atoms with Crippen molar-refractivity contribution in [2.24, 2.45) is 5.92 Å². The number of nitrogens with zero attached hydrogens (tertiary/aromatic N) is 3. The predicted molar refractivity (Wildman–Crippen MR) is 115 cm³/mol. The van der Waals surface area contributed by atoms with Crippen LogP contribution in [0.4, 0.5) is 5.69 Å². The van der Waals surface area contributed by atoms with Crippen molar-refractivity contribution in [2.75, 3.05) is 11.4 Å². The lowest BCUT2D eigenvalue weighted by molar-refractivity contribution is -0.124. The zero-order valence-electron chi connectivity index (χ0n) is 16.4. The molecule has 2 aromatic carbocycles. The molecular formula is C21H22N6O2S. The molecule has 1 amide bonds. The molecule has 3 atom stereocenters. The summed E-state index contributed by atoms with van der Waals surface area (Å²) in [6, 6.07) is 17.7. The maximum atomic E-state index is 13.2. The molecule has 2 aliphatic heterocycles. The highest BCUT2D eigenvalue weighted by Crippen LogP contribution is 2.31. The van der Waals surface area contributed by atoms with Crippen molar-refractivity contribution in [1.82, 2.24) is 26.3 Å². The number of carbonyl (C=O) groups excluding carboxylic acids is 1. The molecule has 0 radical (unpaired) electrons. The Morgan fingerprint density at radius 3 is 2.80 bits per heavy atom. The molecule has 3 unspecified atom stereocenters. The molecule has 8 nitrogen and oxygen atoms in total. The second kappa shape index (κ2) is 8.19. The third-order valence-electron chi connectivity index (χ3n) is 5.35. The topological polar surface area (TPSA) is 95.3 Å². The Balaban J connectivity index is 1.35. The summed E-state index contributed by atoms with van der Waals surface area (Å²) in [5.74, 6) is 1.53. The molecule has 30 heavy (non-hydrogen) atoms. The fourth-order valence-electron chi connectivity index (χ4n) is 3.78. The number of aryl methyl sites for hydroxylation is 1. The van der Waals surface area contributed by atoms with Crippen LogP contribution in [0.5, 0.6) is 0 Å². The van der Waals surface area contributed by atoms with Gasteiger partial charge >= 0.3 is 0 Å². The molecule has 2 fully saturated rings. The molecule has 0 spiro atoms. The summed E-state index contributed by atoms with van der Waals surface area (Å²) in [5, 5.41) is 7.65. The summed E-state index contributed by atoms with van der Waals surface area (Å²) in [5.41, 5.74) is 8.88. The van der Waals surface area contributed by atoms with Gasteiger partial charge in [-0.15, -0.1) is 11.8 Å². The van der Waals surface area contributed by atoms with E-state index in [-0.39, 0.29) is 23.5 Å². The van der Waals surface area contributed by atoms with Gasteiger partial charge in [0.25, 0.3) is 0 Å². The van der Waals surface area contributed by atoms with E-state index in [2.05, 4.69) is 26.3 Å². The zero-order chi connectivity index (χ0) is 20.5. The van der Waals surface area contributed by atoms with Crippen LogP contribution in [-0.2, 0) is 10.5 Å². The molecule has 154 valence electrons. The number of para-hydroxylation sites is 1. The maximum absolute atomic E-state index is 13.2. The van der Waals surface area contributed by atoms with Gasteiger partial charge in [0.2, 0.25) is 17.6 Å². The molecule has 2 saturated heterocycles. The number of nitrogens with one attached hydrogen (secondary N) is 3. The van der Waals surface area contributed by atoms with Crippen molar-refractivity contribution in [3.63, 3.8) is 0 Å². The Bertz CT molecular complexity index is 1040. The molecule has 3 heterocycles. The number of hydrogen-bond donors (Lipinski definition) is 3. The van der Waals surface area contributed by atoms with Crippen LogP contribution in [0.15, 0.2) is 59.1 Å². The lowest BCUT2D eigenvalue weighted by Crippen LogP contribution is -2.64. The average molecular weight is 423 g/mol. The van der Waals surface area contributed by atoms with Crippen LogP contribution in [0.25, 0.3) is 11.4 Å². The first kappa shape index (κ1) is 19.3. The number of thioether (sulfide) groups is 1. The van der Waals surface area contributed by atoms with E-state index in [4.69, 9.17) is 4.52 Å². The van der Waals surface area contributed by atoms with Gasteiger partial charge in [0, 0.05) is 17.8 Å². The van der Waals surface area contributed by atoms with E-state index in [1.807, 2.05) is 66.4 Å². The predicted octanol–water partition coefficient (Wildman–Crippen LogP) is 2.25. The highest BCUT2D eigenvalue weighted by Gasteiger charge is 2.44. The van der Waals surface area contributed by atoms with Crippen LogP contribution in [-0.4, -0.2) is 34.3 Å². The van der Waals surface area contributed by atoms with E-state index < -0.39 is 0 Å². The van der Waals surface area contributed by atoms with Gasteiger partial charge in [-0.25, -0.2) is 5.43 Å². The lowest BCUT2D eigenvalue weighted by Gasteiger charge is -2.41. The van der Waals surface area contributed by atoms with Gasteiger partial charge in [-0.3, -0.25) is 20.4 Å². The Morgan fingerprint density at radius 2 is 1.97 bits per heavy atom. The normalized spacial score (nSPS) is 23.6. The van der Waals surface area contributed by atoms with E-state index in [0.717, 1.165) is 16.8 Å². The summed E-state index contributed by atoms with van der Waals surface area (Å²) >= 11 is 1.55. The Hall–Kier alpha value is -2.72. The van der Waals surface area contributed by atoms with Crippen LogP contribution in [0.2, 0.25) is 0 Å².